The van der Waals surface area contributed by atoms with E-state index >= 15 is 0 Å². The summed E-state index contributed by atoms with van der Waals surface area (Å²) in [6, 6.07) is 6.66. The lowest BCUT2D eigenvalue weighted by Crippen LogP contribution is -2.65. The van der Waals surface area contributed by atoms with E-state index in [4.69, 9.17) is 4.74 Å². The fraction of sp³-hybridized carbons (Fsp3) is 0.692. The highest BCUT2D eigenvalue weighted by Crippen LogP contribution is 2.43. The van der Waals surface area contributed by atoms with E-state index in [1.54, 1.807) is 12.1 Å². The Kier molecular flexibility index (Phi) is 6.97. The van der Waals surface area contributed by atoms with Gasteiger partial charge in [0.05, 0.1) is 13.2 Å². The highest BCUT2D eigenvalue weighted by atomic mass is 19.1. The van der Waals surface area contributed by atoms with Crippen LogP contribution in [0.25, 0.3) is 0 Å². The maximum absolute atomic E-state index is 13.6. The molecule has 0 N–H and O–H groups in total. The molecular formula is C26H36FN3O3. The number of ether oxygens (including phenoxy) is 1. The minimum atomic E-state index is -0.321. The number of carbonyl (C=O) groups is 2. The summed E-state index contributed by atoms with van der Waals surface area (Å²) in [5.74, 6) is 0.867. The van der Waals surface area contributed by atoms with E-state index < -0.39 is 0 Å². The van der Waals surface area contributed by atoms with Gasteiger partial charge in [0.25, 0.3) is 5.91 Å². The molecule has 4 atom stereocenters. The van der Waals surface area contributed by atoms with Gasteiger partial charge in [0.1, 0.15) is 5.82 Å². The first-order valence-electron chi connectivity index (χ1n) is 12.8. The zero-order valence-electron chi connectivity index (χ0n) is 19.5. The van der Waals surface area contributed by atoms with Crippen LogP contribution in [0.2, 0.25) is 0 Å². The normalized spacial score (nSPS) is 30.1. The van der Waals surface area contributed by atoms with Gasteiger partial charge in [0.2, 0.25) is 5.91 Å². The first kappa shape index (κ1) is 22.8. The lowest BCUT2D eigenvalue weighted by Gasteiger charge is -2.57. The molecule has 33 heavy (non-hydrogen) atoms. The highest BCUT2D eigenvalue weighted by molar-refractivity contribution is 5.94. The number of morpholine rings is 1. The average Bonchev–Trinajstić information content (AvgIpc) is 2.86. The van der Waals surface area contributed by atoms with Gasteiger partial charge >= 0.3 is 0 Å². The summed E-state index contributed by atoms with van der Waals surface area (Å²) >= 11 is 0. The zero-order chi connectivity index (χ0) is 22.8. The summed E-state index contributed by atoms with van der Waals surface area (Å²) in [6.07, 6.45) is 6.87. The molecule has 1 aromatic rings. The number of likely N-dealkylation sites (tertiary alicyclic amines) is 1. The van der Waals surface area contributed by atoms with Crippen LogP contribution in [0.1, 0.15) is 55.3 Å². The van der Waals surface area contributed by atoms with Crippen LogP contribution in [0.15, 0.2) is 24.3 Å². The van der Waals surface area contributed by atoms with Crippen molar-refractivity contribution in [2.45, 2.75) is 57.0 Å². The van der Waals surface area contributed by atoms with Gasteiger partial charge in [-0.3, -0.25) is 14.5 Å². The molecule has 6 nitrogen and oxygen atoms in total. The number of piperidine rings is 3. The van der Waals surface area contributed by atoms with Crippen molar-refractivity contribution in [2.75, 3.05) is 45.9 Å². The predicted molar refractivity (Wildman–Crippen MR) is 123 cm³/mol. The van der Waals surface area contributed by atoms with Gasteiger partial charge in [0.15, 0.2) is 0 Å². The van der Waals surface area contributed by atoms with E-state index in [1.165, 1.54) is 44.5 Å². The first-order chi connectivity index (χ1) is 16.1. The third kappa shape index (κ3) is 4.80. The minimum absolute atomic E-state index is 0.0145. The third-order valence-electron chi connectivity index (χ3n) is 8.28. The van der Waals surface area contributed by atoms with Crippen molar-refractivity contribution >= 4 is 11.8 Å². The molecule has 2 amide bonds. The van der Waals surface area contributed by atoms with E-state index in [1.807, 2.05) is 4.90 Å². The largest absolute Gasteiger partial charge is 0.378 e. The fourth-order valence-electron chi connectivity index (χ4n) is 6.79. The van der Waals surface area contributed by atoms with Gasteiger partial charge in [-0.25, -0.2) is 4.39 Å². The molecule has 0 unspecified atom stereocenters. The van der Waals surface area contributed by atoms with Crippen molar-refractivity contribution in [3.05, 3.63) is 35.6 Å². The molecule has 0 saturated carbocycles. The summed E-state index contributed by atoms with van der Waals surface area (Å²) < 4.78 is 18.8. The van der Waals surface area contributed by atoms with Gasteiger partial charge < -0.3 is 14.5 Å². The number of hydrogen-bond acceptors (Lipinski definition) is 4. The molecule has 4 heterocycles. The molecule has 0 bridgehead atoms. The summed E-state index contributed by atoms with van der Waals surface area (Å²) in [5, 5.41) is 0. The molecule has 4 fully saturated rings. The Morgan fingerprint density at radius 1 is 1.00 bits per heavy atom. The molecule has 180 valence electrons. The molecule has 4 aliphatic rings. The van der Waals surface area contributed by atoms with Crippen LogP contribution >= 0.6 is 0 Å². The Bertz CT molecular complexity index is 840. The Balaban J connectivity index is 1.32. The van der Waals surface area contributed by atoms with Crippen LogP contribution in [-0.2, 0) is 9.53 Å². The summed E-state index contributed by atoms with van der Waals surface area (Å²) in [5.41, 5.74) is 0.563. The Morgan fingerprint density at radius 3 is 2.48 bits per heavy atom. The Labute approximate surface area is 196 Å². The molecule has 4 aliphatic heterocycles. The van der Waals surface area contributed by atoms with E-state index in [2.05, 4.69) is 9.80 Å². The van der Waals surface area contributed by atoms with Crippen molar-refractivity contribution < 1.29 is 18.7 Å². The van der Waals surface area contributed by atoms with Crippen LogP contribution < -0.4 is 0 Å². The van der Waals surface area contributed by atoms with Gasteiger partial charge in [0, 0.05) is 43.7 Å². The molecule has 5 rings (SSSR count). The van der Waals surface area contributed by atoms with Crippen molar-refractivity contribution in [3.63, 3.8) is 0 Å². The molecule has 4 saturated heterocycles. The number of rotatable bonds is 5. The summed E-state index contributed by atoms with van der Waals surface area (Å²) in [6.45, 7) is 5.72. The van der Waals surface area contributed by atoms with Gasteiger partial charge in [-0.15, -0.1) is 0 Å². The number of nitrogens with zero attached hydrogens (tertiary/aromatic N) is 3. The van der Waals surface area contributed by atoms with E-state index in [0.717, 1.165) is 25.8 Å². The number of hydrogen-bond donors (Lipinski definition) is 0. The van der Waals surface area contributed by atoms with Crippen molar-refractivity contribution in [1.82, 2.24) is 14.7 Å². The average molecular weight is 458 g/mol. The maximum Gasteiger partial charge on any atom is 0.254 e. The maximum atomic E-state index is 13.6. The second-order valence-electron chi connectivity index (χ2n) is 10.2. The first-order valence-corrected chi connectivity index (χ1v) is 12.8. The number of benzene rings is 1. The molecule has 0 aliphatic carbocycles. The minimum Gasteiger partial charge on any atom is -0.378 e. The standard InChI is InChI=1S/C26H36FN3O3/c27-21-10-8-19(9-11-21)26(32)30-18-20-4-2-12-29-13-3-5-22(25(20)29)23(30)6-1-7-24(31)28-14-16-33-17-15-28/h8-11,20,22-23,25H,1-7,12-18H2/t20-,22+,23+,25-/m0/s1. The topological polar surface area (TPSA) is 53.1 Å². The van der Waals surface area contributed by atoms with Crippen LogP contribution in [0.5, 0.6) is 0 Å². The Hall–Kier alpha value is -1.99. The second kappa shape index (κ2) is 10.1. The fourth-order valence-corrected chi connectivity index (χ4v) is 6.79. The lowest BCUT2D eigenvalue weighted by atomic mass is 9.69. The van der Waals surface area contributed by atoms with Crippen molar-refractivity contribution in [1.29, 1.82) is 0 Å². The molecule has 7 heteroatoms. The van der Waals surface area contributed by atoms with Gasteiger partial charge in [-0.05, 0) is 87.7 Å². The molecule has 0 radical (unpaired) electrons. The number of amides is 2. The summed E-state index contributed by atoms with van der Waals surface area (Å²) in [7, 11) is 0. The molecule has 0 aromatic heterocycles. The quantitative estimate of drug-likeness (QED) is 0.682. The number of halogens is 1. The smallest absolute Gasteiger partial charge is 0.254 e. The SMILES string of the molecule is O=C(CCC[C@@H]1[C@H]2CCCN3CCC[C@@H](CN1C(=O)c1ccc(F)cc1)[C@@H]23)N1CCOCC1. The monoisotopic (exact) mass is 457 g/mol. The zero-order valence-corrected chi connectivity index (χ0v) is 19.5. The Morgan fingerprint density at radius 2 is 1.73 bits per heavy atom. The van der Waals surface area contributed by atoms with Crippen LogP contribution in [-0.4, -0.2) is 84.5 Å². The summed E-state index contributed by atoms with van der Waals surface area (Å²) in [4.78, 5) is 33.0. The van der Waals surface area contributed by atoms with Crippen LogP contribution in [0.4, 0.5) is 4.39 Å². The van der Waals surface area contributed by atoms with Gasteiger partial charge in [-0.1, -0.05) is 0 Å². The van der Waals surface area contributed by atoms with Crippen molar-refractivity contribution in [2.24, 2.45) is 11.8 Å². The predicted octanol–water partition coefficient (Wildman–Crippen LogP) is 3.17. The van der Waals surface area contributed by atoms with E-state index in [-0.39, 0.29) is 23.7 Å². The highest BCUT2D eigenvalue weighted by Gasteiger charge is 2.49. The van der Waals surface area contributed by atoms with Crippen molar-refractivity contribution in [3.8, 4) is 0 Å². The molecule has 0 spiro atoms. The van der Waals surface area contributed by atoms with E-state index in [0.29, 0.717) is 56.2 Å². The second-order valence-corrected chi connectivity index (χ2v) is 10.2. The third-order valence-corrected chi connectivity index (χ3v) is 8.28. The van der Waals surface area contributed by atoms with Gasteiger partial charge in [-0.2, -0.15) is 0 Å². The van der Waals surface area contributed by atoms with Crippen LogP contribution in [0, 0.1) is 17.7 Å². The van der Waals surface area contributed by atoms with E-state index in [9.17, 15) is 14.0 Å². The number of carbonyl (C=O) groups excluding carboxylic acids is 2. The van der Waals surface area contributed by atoms with Crippen LogP contribution in [0.3, 0.4) is 0 Å². The lowest BCUT2D eigenvalue weighted by molar-refractivity contribution is -0.135. The molecular weight excluding hydrogens is 421 g/mol. The molecule has 1 aromatic carbocycles.